The van der Waals surface area contributed by atoms with Crippen molar-refractivity contribution in [1.29, 1.82) is 0 Å². The molecule has 0 amide bonds. The molecule has 0 bridgehead atoms. The van der Waals surface area contributed by atoms with Crippen molar-refractivity contribution < 1.29 is 4.39 Å². The van der Waals surface area contributed by atoms with E-state index in [0.29, 0.717) is 0 Å². The molecule has 88 valence electrons. The average molecular weight is 221 g/mol. The lowest BCUT2D eigenvalue weighted by atomic mass is 9.88. The average Bonchev–Trinajstić information content (AvgIpc) is 2.39. The summed E-state index contributed by atoms with van der Waals surface area (Å²) in [7, 11) is 0. The normalized spacial score (nSPS) is 19.6. The van der Waals surface area contributed by atoms with Crippen LogP contribution in [-0.2, 0) is 6.42 Å². The number of benzene rings is 1. The maximum Gasteiger partial charge on any atom is 0.128 e. The molecule has 0 spiro atoms. The zero-order valence-corrected chi connectivity index (χ0v) is 9.88. The topological polar surface area (TPSA) is 12.0 Å². The summed E-state index contributed by atoms with van der Waals surface area (Å²) in [5, 5.41) is 3.28. The van der Waals surface area contributed by atoms with Gasteiger partial charge in [-0.15, -0.1) is 0 Å². The molecule has 0 aliphatic carbocycles. The second kappa shape index (κ2) is 5.44. The molecule has 1 N–H and O–H groups in total. The molecule has 0 aromatic heterocycles. The van der Waals surface area contributed by atoms with Crippen LogP contribution in [0.15, 0.2) is 24.3 Å². The van der Waals surface area contributed by atoms with Gasteiger partial charge in [0.25, 0.3) is 0 Å². The maximum absolute atomic E-state index is 14.3. The predicted octanol–water partition coefficient (Wildman–Crippen LogP) is 3.26. The van der Waals surface area contributed by atoms with E-state index in [1.54, 1.807) is 0 Å². The van der Waals surface area contributed by atoms with E-state index in [-0.39, 0.29) is 5.92 Å². The quantitative estimate of drug-likeness (QED) is 0.826. The summed E-state index contributed by atoms with van der Waals surface area (Å²) in [6.07, 6.45) is 2.11. The Morgan fingerprint density at radius 1 is 1.38 bits per heavy atom. The second-order valence-electron chi connectivity index (χ2n) is 4.59. The van der Waals surface area contributed by atoms with Crippen molar-refractivity contribution in [1.82, 2.24) is 5.32 Å². The summed E-state index contributed by atoms with van der Waals surface area (Å²) in [5.41, 5.74) is 2.10. The molecule has 1 nitrogen and oxygen atoms in total. The fourth-order valence-corrected chi connectivity index (χ4v) is 2.39. The predicted molar refractivity (Wildman–Crippen MR) is 65.3 cm³/mol. The lowest BCUT2D eigenvalue weighted by Crippen LogP contribution is -2.29. The fourth-order valence-electron chi connectivity index (χ4n) is 2.39. The van der Waals surface area contributed by atoms with Crippen molar-refractivity contribution in [2.45, 2.75) is 32.4 Å². The van der Waals surface area contributed by atoms with Gasteiger partial charge in [-0.3, -0.25) is 0 Å². The third kappa shape index (κ3) is 2.62. The number of hydrogen-bond acceptors (Lipinski definition) is 1. The van der Waals surface area contributed by atoms with Gasteiger partial charge >= 0.3 is 0 Å². The molecule has 0 radical (unpaired) electrons. The molecule has 2 rings (SSSR count). The third-order valence-corrected chi connectivity index (χ3v) is 3.48. The molecule has 16 heavy (non-hydrogen) atoms. The highest BCUT2D eigenvalue weighted by Crippen LogP contribution is 2.32. The SMILES string of the molecule is CCc1cccc(C(F)C2CCNCC2)c1. The number of alkyl halides is 1. The summed E-state index contributed by atoms with van der Waals surface area (Å²) >= 11 is 0. The van der Waals surface area contributed by atoms with Crippen molar-refractivity contribution >= 4 is 0 Å². The Morgan fingerprint density at radius 3 is 2.81 bits per heavy atom. The van der Waals surface area contributed by atoms with Crippen LogP contribution in [0.1, 0.15) is 37.1 Å². The summed E-state index contributed by atoms with van der Waals surface area (Å²) < 4.78 is 14.3. The van der Waals surface area contributed by atoms with Crippen molar-refractivity contribution in [3.05, 3.63) is 35.4 Å². The van der Waals surface area contributed by atoms with E-state index in [0.717, 1.165) is 37.9 Å². The van der Waals surface area contributed by atoms with Gasteiger partial charge in [-0.05, 0) is 49.4 Å². The standard InChI is InChI=1S/C14H20FN/c1-2-11-4-3-5-13(10-11)14(15)12-6-8-16-9-7-12/h3-5,10,12,14,16H,2,6-9H2,1H3. The van der Waals surface area contributed by atoms with E-state index < -0.39 is 6.17 Å². The largest absolute Gasteiger partial charge is 0.317 e. The molecular weight excluding hydrogens is 201 g/mol. The van der Waals surface area contributed by atoms with Gasteiger partial charge in [0.15, 0.2) is 0 Å². The second-order valence-corrected chi connectivity index (χ2v) is 4.59. The van der Waals surface area contributed by atoms with Crippen LogP contribution >= 0.6 is 0 Å². The van der Waals surface area contributed by atoms with E-state index in [1.165, 1.54) is 5.56 Å². The van der Waals surface area contributed by atoms with E-state index in [4.69, 9.17) is 0 Å². The Hall–Kier alpha value is -0.890. The maximum atomic E-state index is 14.3. The molecule has 1 aromatic carbocycles. The molecule has 1 atom stereocenters. The summed E-state index contributed by atoms with van der Waals surface area (Å²) in [4.78, 5) is 0. The molecule has 0 saturated carbocycles. The van der Waals surface area contributed by atoms with Gasteiger partial charge in [-0.2, -0.15) is 0 Å². The first-order valence-corrected chi connectivity index (χ1v) is 6.25. The minimum absolute atomic E-state index is 0.202. The highest BCUT2D eigenvalue weighted by Gasteiger charge is 2.24. The van der Waals surface area contributed by atoms with E-state index in [9.17, 15) is 4.39 Å². The molecule has 1 unspecified atom stereocenters. The van der Waals surface area contributed by atoms with E-state index in [2.05, 4.69) is 18.3 Å². The number of aryl methyl sites for hydroxylation is 1. The zero-order valence-electron chi connectivity index (χ0n) is 9.88. The minimum atomic E-state index is -0.784. The van der Waals surface area contributed by atoms with Gasteiger partial charge in [-0.25, -0.2) is 4.39 Å². The van der Waals surface area contributed by atoms with Crippen LogP contribution < -0.4 is 5.32 Å². The van der Waals surface area contributed by atoms with Crippen LogP contribution in [0.2, 0.25) is 0 Å². The third-order valence-electron chi connectivity index (χ3n) is 3.48. The van der Waals surface area contributed by atoms with Gasteiger partial charge in [-0.1, -0.05) is 31.2 Å². The Balaban J connectivity index is 2.09. The number of nitrogens with one attached hydrogen (secondary N) is 1. The molecule has 1 aliphatic heterocycles. The van der Waals surface area contributed by atoms with Crippen LogP contribution in [0.3, 0.4) is 0 Å². The van der Waals surface area contributed by atoms with Crippen molar-refractivity contribution in [3.8, 4) is 0 Å². The molecule has 2 heteroatoms. The molecule has 1 heterocycles. The first-order valence-electron chi connectivity index (χ1n) is 6.25. The molecule has 1 saturated heterocycles. The number of halogens is 1. The number of piperidine rings is 1. The molecule has 1 fully saturated rings. The first kappa shape index (κ1) is 11.6. The Labute approximate surface area is 97.1 Å². The van der Waals surface area contributed by atoms with Crippen molar-refractivity contribution in [3.63, 3.8) is 0 Å². The fraction of sp³-hybridized carbons (Fsp3) is 0.571. The molecular formula is C14H20FN. The summed E-state index contributed by atoms with van der Waals surface area (Å²) in [6, 6.07) is 7.99. The number of hydrogen-bond donors (Lipinski definition) is 1. The smallest absolute Gasteiger partial charge is 0.128 e. The lowest BCUT2D eigenvalue weighted by Gasteiger charge is -2.26. The molecule has 1 aliphatic rings. The van der Waals surface area contributed by atoms with E-state index in [1.807, 2.05) is 18.2 Å². The van der Waals surface area contributed by atoms with Gasteiger partial charge in [0.1, 0.15) is 6.17 Å². The Morgan fingerprint density at radius 2 is 2.12 bits per heavy atom. The zero-order chi connectivity index (χ0) is 11.4. The van der Waals surface area contributed by atoms with Crippen LogP contribution in [-0.4, -0.2) is 13.1 Å². The number of rotatable bonds is 3. The minimum Gasteiger partial charge on any atom is -0.317 e. The first-order chi connectivity index (χ1) is 7.81. The van der Waals surface area contributed by atoms with Crippen molar-refractivity contribution in [2.75, 3.05) is 13.1 Å². The van der Waals surface area contributed by atoms with Gasteiger partial charge in [0, 0.05) is 0 Å². The highest BCUT2D eigenvalue weighted by atomic mass is 19.1. The lowest BCUT2D eigenvalue weighted by molar-refractivity contribution is 0.190. The Kier molecular flexibility index (Phi) is 3.94. The van der Waals surface area contributed by atoms with Gasteiger partial charge in [0.2, 0.25) is 0 Å². The van der Waals surface area contributed by atoms with Crippen LogP contribution in [0, 0.1) is 5.92 Å². The highest BCUT2D eigenvalue weighted by molar-refractivity contribution is 5.25. The van der Waals surface area contributed by atoms with E-state index >= 15 is 0 Å². The Bertz CT molecular complexity index is 331. The molecule has 1 aromatic rings. The van der Waals surface area contributed by atoms with Crippen molar-refractivity contribution in [2.24, 2.45) is 5.92 Å². The van der Waals surface area contributed by atoms with Crippen LogP contribution in [0.4, 0.5) is 4.39 Å². The van der Waals surface area contributed by atoms with Gasteiger partial charge in [0.05, 0.1) is 0 Å². The van der Waals surface area contributed by atoms with Gasteiger partial charge < -0.3 is 5.32 Å². The van der Waals surface area contributed by atoms with Crippen LogP contribution in [0.5, 0.6) is 0 Å². The van der Waals surface area contributed by atoms with Crippen LogP contribution in [0.25, 0.3) is 0 Å². The summed E-state index contributed by atoms with van der Waals surface area (Å²) in [5.74, 6) is 0.202. The monoisotopic (exact) mass is 221 g/mol. The summed E-state index contributed by atoms with van der Waals surface area (Å²) in [6.45, 7) is 4.02.